The molecule has 0 spiro atoms. The van der Waals surface area contributed by atoms with Crippen molar-refractivity contribution in [3.8, 4) is 6.65 Å². The van der Waals surface area contributed by atoms with E-state index in [9.17, 15) is 0 Å². The van der Waals surface area contributed by atoms with Gasteiger partial charge in [-0.25, -0.2) is 0 Å². The van der Waals surface area contributed by atoms with Gasteiger partial charge in [0.2, 0.25) is 0 Å². The summed E-state index contributed by atoms with van der Waals surface area (Å²) in [5.74, 6) is 0. The quantitative estimate of drug-likeness (QED) is 0.169. The van der Waals surface area contributed by atoms with Crippen LogP contribution in [0.2, 0.25) is 0 Å². The molecule has 0 fully saturated rings. The van der Waals surface area contributed by atoms with E-state index in [1.807, 2.05) is 0 Å². The molecule has 1 N–H and O–H groups in total. The van der Waals surface area contributed by atoms with Gasteiger partial charge in [0.1, 0.15) is 0 Å². The van der Waals surface area contributed by atoms with Crippen LogP contribution in [-0.4, -0.2) is 46.0 Å². The molecule has 0 radical (unpaired) electrons. The molecule has 0 amide bonds. The Labute approximate surface area is 188 Å². The van der Waals surface area contributed by atoms with Gasteiger partial charge in [-0.3, -0.25) is 0 Å². The van der Waals surface area contributed by atoms with Gasteiger partial charge < -0.3 is 5.32 Å². The van der Waals surface area contributed by atoms with Crippen molar-refractivity contribution in [3.63, 3.8) is 0 Å². The van der Waals surface area contributed by atoms with Crippen LogP contribution in [-0.2, 0) is 22.0 Å². The fourth-order valence-electron chi connectivity index (χ4n) is 3.86. The summed E-state index contributed by atoms with van der Waals surface area (Å²) in [7, 11) is 4.65. The Morgan fingerprint density at radius 2 is 0.815 bits per heavy atom. The van der Waals surface area contributed by atoms with Crippen LogP contribution in [0.15, 0.2) is 0 Å². The third-order valence-corrected chi connectivity index (χ3v) is 12.1. The second kappa shape index (κ2) is 14.5. The second-order valence-corrected chi connectivity index (χ2v) is 18.7. The first-order valence-electron chi connectivity index (χ1n) is 9.61. The van der Waals surface area contributed by atoms with E-state index in [1.165, 1.54) is 25.4 Å². The van der Waals surface area contributed by atoms with E-state index in [0.717, 1.165) is 0 Å². The van der Waals surface area contributed by atoms with Crippen LogP contribution >= 0.6 is 25.5 Å². The molecule has 27 heavy (non-hydrogen) atoms. The molecular weight excluding hydrogens is 481 g/mol. The standard InChI is InChI=1S/C20H45NP2.CHO.ClH.Ru.H/c1-17(2,3)22(18(4,5)6)15-13-21-14-16-23(19(7,8)9)20(10,11)12;1-2;;;/h21H,13-16H2,1-12H3;1H;1H;;/q;+1;;+1;/p-1. The first kappa shape index (κ1) is 33.1. The zero-order valence-electron chi connectivity index (χ0n) is 20.0. The minimum atomic E-state index is 0.0229. The van der Waals surface area contributed by atoms with Gasteiger partial charge in [-0.05, 0) is 46.0 Å². The van der Waals surface area contributed by atoms with E-state index in [-0.39, 0.29) is 15.8 Å². The molecule has 0 saturated carbocycles. The average Bonchev–Trinajstić information content (AvgIpc) is 2.45. The first-order valence-corrected chi connectivity index (χ1v) is 15.1. The Balaban J connectivity index is -0.00000134. The van der Waals surface area contributed by atoms with Crippen molar-refractivity contribution in [2.45, 2.75) is 104 Å². The number of halogens is 1. The van der Waals surface area contributed by atoms with E-state index in [0.29, 0.717) is 20.6 Å². The molecule has 0 aromatic heterocycles. The van der Waals surface area contributed by atoms with Crippen LogP contribution in [0, 0.1) is 6.65 Å². The fraction of sp³-hybridized carbons (Fsp3) is 0.952. The normalized spacial score (nSPS) is 13.0. The third kappa shape index (κ3) is 15.9. The number of hydrogen-bond donors (Lipinski definition) is 1. The Hall–Kier alpha value is 1.47. The predicted octanol–water partition coefficient (Wildman–Crippen LogP) is 7.16. The van der Waals surface area contributed by atoms with E-state index < -0.39 is 0 Å². The monoisotopic (exact) mass is 528 g/mol. The summed E-state index contributed by atoms with van der Waals surface area (Å²) in [5.41, 5.74) is 0. The van der Waals surface area contributed by atoms with E-state index in [2.05, 4.69) is 105 Å². The van der Waals surface area contributed by atoms with E-state index in [1.54, 1.807) is 17.3 Å². The summed E-state index contributed by atoms with van der Waals surface area (Å²) in [6.45, 7) is 34.6. The molecular formula is C21H47ClNOP2Ru+. The maximum absolute atomic E-state index is 7.75. The summed E-state index contributed by atoms with van der Waals surface area (Å²) >= 11 is 1.62. The van der Waals surface area contributed by atoms with Crippen molar-refractivity contribution in [3.05, 3.63) is 0 Å². The summed E-state index contributed by atoms with van der Waals surface area (Å²) in [6, 6.07) is 0. The SMILES string of the molecule is C#[O+].CC(C)(C)P(CCNCCP(C(C)(C)C)C(C)(C)C)C(C)(C)C.[Cl][RuH]. The van der Waals surface area contributed by atoms with Crippen molar-refractivity contribution < 1.29 is 22.0 Å². The molecule has 0 heterocycles. The first-order chi connectivity index (χ1) is 12.0. The molecule has 0 aliphatic rings. The molecule has 0 unspecified atom stereocenters. The summed E-state index contributed by atoms with van der Waals surface area (Å²) in [6.07, 6.45) is 2.68. The van der Waals surface area contributed by atoms with Crippen LogP contribution < -0.4 is 5.32 Å². The van der Waals surface area contributed by atoms with Crippen LogP contribution in [0.1, 0.15) is 83.1 Å². The van der Waals surface area contributed by atoms with Gasteiger partial charge in [0.15, 0.2) is 0 Å². The van der Waals surface area contributed by atoms with Crippen LogP contribution in [0.3, 0.4) is 0 Å². The topological polar surface area (TPSA) is 31.9 Å². The van der Waals surface area contributed by atoms with Crippen molar-refractivity contribution in [1.29, 1.82) is 0 Å². The Bertz CT molecular complexity index is 328. The Morgan fingerprint density at radius 3 is 0.963 bits per heavy atom. The van der Waals surface area contributed by atoms with Crippen molar-refractivity contribution in [1.82, 2.24) is 5.32 Å². The number of rotatable bonds is 6. The summed E-state index contributed by atoms with van der Waals surface area (Å²) in [5, 5.41) is 5.54. The molecule has 2 nitrogen and oxygen atoms in total. The van der Waals surface area contributed by atoms with Crippen molar-refractivity contribution in [2.75, 3.05) is 25.4 Å². The molecule has 0 aromatic carbocycles. The van der Waals surface area contributed by atoms with Gasteiger partial charge in [0.25, 0.3) is 0 Å². The molecule has 0 aromatic rings. The number of hydrogen-bond acceptors (Lipinski definition) is 1. The zero-order chi connectivity index (χ0) is 22.7. The molecule has 0 atom stereocenters. The molecule has 0 aliphatic carbocycles. The molecule has 0 rings (SSSR count). The third-order valence-electron chi connectivity index (χ3n) is 4.26. The predicted molar refractivity (Wildman–Crippen MR) is 128 cm³/mol. The molecule has 0 bridgehead atoms. The second-order valence-electron chi connectivity index (χ2n) is 10.7. The van der Waals surface area contributed by atoms with Gasteiger partial charge in [-0.1, -0.05) is 98.9 Å². The Kier molecular flexibility index (Phi) is 17.8. The van der Waals surface area contributed by atoms with E-state index in [4.69, 9.17) is 4.65 Å². The Morgan fingerprint density at radius 1 is 0.630 bits per heavy atom. The van der Waals surface area contributed by atoms with Gasteiger partial charge in [-0.15, -0.1) is 0 Å². The molecule has 166 valence electrons. The molecule has 0 aliphatic heterocycles. The van der Waals surface area contributed by atoms with Gasteiger partial charge in [-0.2, -0.15) is 0 Å². The minimum absolute atomic E-state index is 0.0229. The van der Waals surface area contributed by atoms with Crippen molar-refractivity contribution in [2.24, 2.45) is 0 Å². The summed E-state index contributed by atoms with van der Waals surface area (Å²) in [4.78, 5) is 0. The van der Waals surface area contributed by atoms with Gasteiger partial charge in [0, 0.05) is 0 Å². The zero-order valence-corrected chi connectivity index (χ0v) is 24.4. The van der Waals surface area contributed by atoms with Crippen LogP contribution in [0.4, 0.5) is 0 Å². The van der Waals surface area contributed by atoms with Crippen LogP contribution in [0.25, 0.3) is 0 Å². The number of nitrogens with one attached hydrogen (secondary N) is 1. The van der Waals surface area contributed by atoms with Crippen molar-refractivity contribution >= 4 is 25.5 Å². The summed E-state index contributed by atoms with van der Waals surface area (Å²) < 4.78 is 7.75. The molecule has 6 heteroatoms. The molecule has 0 saturated heterocycles. The van der Waals surface area contributed by atoms with Gasteiger partial charge in [0.05, 0.1) is 0 Å². The van der Waals surface area contributed by atoms with Crippen LogP contribution in [0.5, 0.6) is 0 Å². The average molecular weight is 528 g/mol. The van der Waals surface area contributed by atoms with E-state index >= 15 is 0 Å². The van der Waals surface area contributed by atoms with Gasteiger partial charge >= 0.3 is 38.3 Å². The fourth-order valence-corrected chi connectivity index (χ4v) is 11.3. The maximum atomic E-state index is 7.75.